The maximum Gasteiger partial charge on any atom is 0.160 e. The minimum Gasteiger partial charge on any atom is -0.496 e. The molecule has 2 aromatic heterocycles. The standard InChI is InChI=1S/C25H22N4O/c1-30-24-12-16(10-11-17(24)15-6-2-3-7-15)25-28-22-13-20-21(14-23(22)29-25)27-19-9-5-4-8-18(19)26-20/h4-5,8-15,26H,2-3,6-7H2,1H3. The quantitative estimate of drug-likeness (QED) is 0.382. The zero-order valence-electron chi connectivity index (χ0n) is 16.9. The molecule has 0 aliphatic heterocycles. The number of benzene rings is 3. The van der Waals surface area contributed by atoms with E-state index in [1.807, 2.05) is 36.4 Å². The van der Waals surface area contributed by atoms with E-state index >= 15 is 0 Å². The van der Waals surface area contributed by atoms with Gasteiger partial charge in [-0.05, 0) is 54.7 Å². The van der Waals surface area contributed by atoms with Gasteiger partial charge in [-0.25, -0.2) is 15.0 Å². The molecule has 30 heavy (non-hydrogen) atoms. The summed E-state index contributed by atoms with van der Waals surface area (Å²) in [6.07, 6.45) is 5.11. The Kier molecular flexibility index (Phi) is 3.94. The van der Waals surface area contributed by atoms with Crippen LogP contribution < -0.4 is 4.74 Å². The number of nitrogens with one attached hydrogen (secondary N) is 1. The maximum absolute atomic E-state index is 5.73. The zero-order valence-corrected chi connectivity index (χ0v) is 16.9. The van der Waals surface area contributed by atoms with Crippen molar-refractivity contribution in [1.29, 1.82) is 0 Å². The normalized spacial score (nSPS) is 14.8. The minimum absolute atomic E-state index is 0.606. The first-order valence-electron chi connectivity index (χ1n) is 10.5. The van der Waals surface area contributed by atoms with E-state index in [1.165, 1.54) is 31.2 Å². The molecule has 1 fully saturated rings. The Morgan fingerprint density at radius 2 is 1.60 bits per heavy atom. The van der Waals surface area contributed by atoms with Crippen LogP contribution in [0.3, 0.4) is 0 Å². The molecule has 148 valence electrons. The van der Waals surface area contributed by atoms with Gasteiger partial charge in [0.05, 0.1) is 40.2 Å². The lowest BCUT2D eigenvalue weighted by Gasteiger charge is -2.15. The number of aromatic nitrogens is 4. The Hall–Kier alpha value is -3.47. The number of hydrogen-bond acceptors (Lipinski definition) is 4. The second-order valence-corrected chi connectivity index (χ2v) is 8.10. The third-order valence-corrected chi connectivity index (χ3v) is 6.25. The Labute approximate surface area is 174 Å². The van der Waals surface area contributed by atoms with Crippen molar-refractivity contribution in [3.63, 3.8) is 0 Å². The second kappa shape index (κ2) is 6.80. The van der Waals surface area contributed by atoms with E-state index < -0.39 is 0 Å². The lowest BCUT2D eigenvalue weighted by Crippen LogP contribution is -1.97. The summed E-state index contributed by atoms with van der Waals surface area (Å²) in [5.41, 5.74) is 7.82. The molecular weight excluding hydrogens is 372 g/mol. The number of methoxy groups -OCH3 is 1. The highest BCUT2D eigenvalue weighted by Gasteiger charge is 2.21. The van der Waals surface area contributed by atoms with Gasteiger partial charge in [-0.1, -0.05) is 37.1 Å². The van der Waals surface area contributed by atoms with Crippen molar-refractivity contribution in [2.24, 2.45) is 0 Å². The summed E-state index contributed by atoms with van der Waals surface area (Å²) < 4.78 is 5.73. The van der Waals surface area contributed by atoms with Crippen LogP contribution in [-0.4, -0.2) is 27.0 Å². The van der Waals surface area contributed by atoms with Crippen LogP contribution in [0.1, 0.15) is 37.2 Å². The Balaban J connectivity index is 1.45. The van der Waals surface area contributed by atoms with Crippen LogP contribution in [0.15, 0.2) is 54.6 Å². The molecule has 5 nitrogen and oxygen atoms in total. The molecule has 0 saturated heterocycles. The molecule has 1 aliphatic carbocycles. The van der Waals surface area contributed by atoms with Crippen molar-refractivity contribution in [3.05, 3.63) is 60.2 Å². The molecule has 0 unspecified atom stereocenters. The third-order valence-electron chi connectivity index (χ3n) is 6.25. The molecule has 0 bridgehead atoms. The van der Waals surface area contributed by atoms with Gasteiger partial charge in [0.1, 0.15) is 5.75 Å². The fourth-order valence-electron chi connectivity index (χ4n) is 4.70. The van der Waals surface area contributed by atoms with Crippen LogP contribution in [0.4, 0.5) is 0 Å². The average Bonchev–Trinajstić information content (AvgIpc) is 3.45. The lowest BCUT2D eigenvalue weighted by atomic mass is 9.95. The van der Waals surface area contributed by atoms with Crippen LogP contribution >= 0.6 is 0 Å². The molecule has 5 aromatic rings. The minimum atomic E-state index is 0.606. The number of fused-ring (bicyclic) bond motifs is 3. The number of rotatable bonds is 3. The summed E-state index contributed by atoms with van der Waals surface area (Å²) in [6.45, 7) is 0. The first kappa shape index (κ1) is 17.4. The molecular formula is C25H22N4O. The van der Waals surface area contributed by atoms with Crippen molar-refractivity contribution in [3.8, 4) is 17.1 Å². The van der Waals surface area contributed by atoms with Crippen molar-refractivity contribution in [2.75, 3.05) is 7.11 Å². The van der Waals surface area contributed by atoms with E-state index in [4.69, 9.17) is 19.7 Å². The average molecular weight is 394 g/mol. The zero-order chi connectivity index (χ0) is 20.1. The van der Waals surface area contributed by atoms with Crippen molar-refractivity contribution < 1.29 is 4.74 Å². The van der Waals surface area contributed by atoms with Gasteiger partial charge in [-0.15, -0.1) is 0 Å². The Bertz CT molecular complexity index is 1330. The molecule has 0 radical (unpaired) electrons. The monoisotopic (exact) mass is 394 g/mol. The van der Waals surface area contributed by atoms with Crippen molar-refractivity contribution in [1.82, 2.24) is 19.9 Å². The van der Waals surface area contributed by atoms with Crippen molar-refractivity contribution >= 4 is 33.1 Å². The van der Waals surface area contributed by atoms with Gasteiger partial charge in [0, 0.05) is 5.56 Å². The van der Waals surface area contributed by atoms with E-state index in [0.29, 0.717) is 5.92 Å². The first-order valence-corrected chi connectivity index (χ1v) is 10.5. The molecule has 0 spiro atoms. The fourth-order valence-corrected chi connectivity index (χ4v) is 4.70. The summed E-state index contributed by atoms with van der Waals surface area (Å²) in [5.74, 6) is 2.27. The summed E-state index contributed by atoms with van der Waals surface area (Å²) in [5, 5.41) is 0. The van der Waals surface area contributed by atoms with E-state index in [9.17, 15) is 0 Å². The third kappa shape index (κ3) is 2.81. The predicted octanol–water partition coefficient (Wildman–Crippen LogP) is 5.99. The topological polar surface area (TPSA) is 63.7 Å². The van der Waals surface area contributed by atoms with Crippen LogP contribution in [0.25, 0.3) is 44.5 Å². The molecule has 1 N–H and O–H groups in total. The van der Waals surface area contributed by atoms with Gasteiger partial charge in [-0.2, -0.15) is 0 Å². The fraction of sp³-hybridized carbons (Fsp3) is 0.240. The van der Waals surface area contributed by atoms with Crippen LogP contribution in [-0.2, 0) is 0 Å². The first-order chi connectivity index (χ1) is 14.8. The number of ether oxygens (including phenoxy) is 1. The summed E-state index contributed by atoms with van der Waals surface area (Å²) in [4.78, 5) is 17.8. The highest BCUT2D eigenvalue weighted by molar-refractivity contribution is 5.95. The highest BCUT2D eigenvalue weighted by atomic mass is 16.5. The molecule has 2 heterocycles. The van der Waals surface area contributed by atoms with E-state index in [0.717, 1.165) is 50.2 Å². The van der Waals surface area contributed by atoms with Gasteiger partial charge in [-0.3, -0.25) is 0 Å². The van der Waals surface area contributed by atoms with Gasteiger partial charge < -0.3 is 9.72 Å². The molecule has 1 saturated carbocycles. The molecule has 5 heteroatoms. The summed E-state index contributed by atoms with van der Waals surface area (Å²) in [6, 6.07) is 18.5. The molecule has 0 amide bonds. The maximum atomic E-state index is 5.73. The molecule has 0 atom stereocenters. The largest absolute Gasteiger partial charge is 0.496 e. The van der Waals surface area contributed by atoms with Gasteiger partial charge in [0.2, 0.25) is 0 Å². The number of para-hydroxylation sites is 2. The summed E-state index contributed by atoms with van der Waals surface area (Å²) in [7, 11) is 1.75. The lowest BCUT2D eigenvalue weighted by molar-refractivity contribution is 0.405. The predicted molar refractivity (Wildman–Crippen MR) is 120 cm³/mol. The Morgan fingerprint density at radius 1 is 0.800 bits per heavy atom. The Morgan fingerprint density at radius 3 is 2.43 bits per heavy atom. The molecule has 6 rings (SSSR count). The molecule has 1 aliphatic rings. The number of H-pyrrole nitrogens is 1. The van der Waals surface area contributed by atoms with Crippen LogP contribution in [0.5, 0.6) is 5.75 Å². The van der Waals surface area contributed by atoms with E-state index in [-0.39, 0.29) is 0 Å². The van der Waals surface area contributed by atoms with E-state index in [2.05, 4.69) is 23.2 Å². The summed E-state index contributed by atoms with van der Waals surface area (Å²) >= 11 is 0. The van der Waals surface area contributed by atoms with Crippen molar-refractivity contribution in [2.45, 2.75) is 31.6 Å². The van der Waals surface area contributed by atoms with Crippen LogP contribution in [0.2, 0.25) is 0 Å². The number of imidazole rings is 1. The number of nitrogens with zero attached hydrogens (tertiary/aromatic N) is 3. The highest BCUT2D eigenvalue weighted by Crippen LogP contribution is 2.40. The second-order valence-electron chi connectivity index (χ2n) is 8.10. The van der Waals surface area contributed by atoms with Gasteiger partial charge >= 0.3 is 0 Å². The van der Waals surface area contributed by atoms with Gasteiger partial charge in [0.25, 0.3) is 0 Å². The number of aromatic amines is 1. The smallest absolute Gasteiger partial charge is 0.160 e. The SMILES string of the molecule is COc1cc(-c2nc3cc4nc5ccccc5[nH]c4cc3n2)ccc1C1CCCC1. The van der Waals surface area contributed by atoms with Gasteiger partial charge in [0.15, 0.2) is 5.82 Å². The van der Waals surface area contributed by atoms with Crippen LogP contribution in [0, 0.1) is 0 Å². The van der Waals surface area contributed by atoms with E-state index in [1.54, 1.807) is 7.11 Å². The molecule has 3 aromatic carbocycles. The number of hydrogen-bond donors (Lipinski definition) is 1.